The molecule has 0 unspecified atom stereocenters. The molecule has 0 saturated heterocycles. The second-order valence-corrected chi connectivity index (χ2v) is 2.72. The van der Waals surface area contributed by atoms with Gasteiger partial charge in [-0.15, -0.1) is 0 Å². The molecule has 0 atom stereocenters. The van der Waals surface area contributed by atoms with Gasteiger partial charge in [-0.25, -0.2) is 4.79 Å². The molecule has 0 aliphatic heterocycles. The van der Waals surface area contributed by atoms with Crippen molar-refractivity contribution in [3.8, 4) is 0 Å². The largest absolute Gasteiger partial charge is 0.464 e. The first kappa shape index (κ1) is 11.2. The predicted octanol–water partition coefficient (Wildman–Crippen LogP) is 1.60. The first-order valence-electron chi connectivity index (χ1n) is 4.63. The molecule has 0 radical (unpaired) electrons. The summed E-state index contributed by atoms with van der Waals surface area (Å²) in [6.07, 6.45) is 0. The van der Waals surface area contributed by atoms with Crippen LogP contribution >= 0.6 is 0 Å². The standard InChI is InChI=1S/C11H13NO3/c1-3-15-12-10(11(13)14-2)9-7-5-4-6-8-9/h4-8H,3H2,1-2H3. The molecule has 0 spiro atoms. The Morgan fingerprint density at radius 1 is 1.33 bits per heavy atom. The maximum absolute atomic E-state index is 11.4. The molecule has 1 aromatic carbocycles. The Labute approximate surface area is 88.5 Å². The van der Waals surface area contributed by atoms with Crippen molar-refractivity contribution < 1.29 is 14.4 Å². The van der Waals surface area contributed by atoms with E-state index in [-0.39, 0.29) is 5.71 Å². The average molecular weight is 207 g/mol. The summed E-state index contributed by atoms with van der Waals surface area (Å²) in [6.45, 7) is 2.21. The van der Waals surface area contributed by atoms with E-state index in [0.29, 0.717) is 12.2 Å². The highest BCUT2D eigenvalue weighted by molar-refractivity contribution is 6.43. The Bertz CT molecular complexity index is 346. The van der Waals surface area contributed by atoms with Crippen molar-refractivity contribution >= 4 is 11.7 Å². The predicted molar refractivity (Wildman–Crippen MR) is 56.6 cm³/mol. The molecule has 0 aromatic heterocycles. The molecule has 0 saturated carbocycles. The molecule has 0 heterocycles. The Balaban J connectivity index is 2.96. The third-order valence-electron chi connectivity index (χ3n) is 1.71. The molecule has 1 aromatic rings. The van der Waals surface area contributed by atoms with Crippen LogP contribution in [0.15, 0.2) is 35.5 Å². The van der Waals surface area contributed by atoms with Gasteiger partial charge in [0.1, 0.15) is 6.61 Å². The van der Waals surface area contributed by atoms with Gasteiger partial charge in [0.05, 0.1) is 7.11 Å². The third kappa shape index (κ3) is 3.09. The SMILES string of the molecule is CCON=C(C(=O)OC)c1ccccc1. The van der Waals surface area contributed by atoms with Gasteiger partial charge in [-0.2, -0.15) is 0 Å². The van der Waals surface area contributed by atoms with Crippen molar-refractivity contribution in [1.82, 2.24) is 0 Å². The number of nitrogens with zero attached hydrogens (tertiary/aromatic N) is 1. The summed E-state index contributed by atoms with van der Waals surface area (Å²) in [7, 11) is 1.31. The smallest absolute Gasteiger partial charge is 0.360 e. The molecule has 0 bridgehead atoms. The van der Waals surface area contributed by atoms with E-state index in [1.165, 1.54) is 7.11 Å². The Morgan fingerprint density at radius 3 is 2.53 bits per heavy atom. The quantitative estimate of drug-likeness (QED) is 0.428. The first-order chi connectivity index (χ1) is 7.29. The molecule has 0 fully saturated rings. The number of methoxy groups -OCH3 is 1. The van der Waals surface area contributed by atoms with Crippen LogP contribution in [0.3, 0.4) is 0 Å². The summed E-state index contributed by atoms with van der Waals surface area (Å²) in [6, 6.07) is 9.04. The molecule has 0 amide bonds. The molecular weight excluding hydrogens is 194 g/mol. The van der Waals surface area contributed by atoms with Gasteiger partial charge in [0.2, 0.25) is 0 Å². The highest BCUT2D eigenvalue weighted by Gasteiger charge is 2.14. The molecule has 4 heteroatoms. The number of oxime groups is 1. The first-order valence-corrected chi connectivity index (χ1v) is 4.63. The van der Waals surface area contributed by atoms with Gasteiger partial charge in [0.25, 0.3) is 0 Å². The van der Waals surface area contributed by atoms with Crippen molar-refractivity contribution in [3.63, 3.8) is 0 Å². The van der Waals surface area contributed by atoms with E-state index in [1.807, 2.05) is 18.2 Å². The lowest BCUT2D eigenvalue weighted by Crippen LogP contribution is -2.17. The number of hydrogen-bond donors (Lipinski definition) is 0. The van der Waals surface area contributed by atoms with Crippen LogP contribution in [0.1, 0.15) is 12.5 Å². The second kappa shape index (κ2) is 5.80. The van der Waals surface area contributed by atoms with Gasteiger partial charge in [-0.3, -0.25) is 0 Å². The number of carbonyl (C=O) groups is 1. The fourth-order valence-electron chi connectivity index (χ4n) is 1.03. The van der Waals surface area contributed by atoms with Crippen molar-refractivity contribution in [2.24, 2.45) is 5.16 Å². The van der Waals surface area contributed by atoms with Crippen LogP contribution in [0, 0.1) is 0 Å². The van der Waals surface area contributed by atoms with E-state index in [1.54, 1.807) is 19.1 Å². The normalized spacial score (nSPS) is 10.9. The van der Waals surface area contributed by atoms with E-state index in [2.05, 4.69) is 9.89 Å². The Hall–Kier alpha value is -1.84. The van der Waals surface area contributed by atoms with Crippen LogP contribution in [-0.4, -0.2) is 25.4 Å². The maximum Gasteiger partial charge on any atom is 0.360 e. The van der Waals surface area contributed by atoms with Crippen molar-refractivity contribution in [3.05, 3.63) is 35.9 Å². The molecule has 0 aliphatic rings. The van der Waals surface area contributed by atoms with E-state index in [4.69, 9.17) is 4.84 Å². The summed E-state index contributed by atoms with van der Waals surface area (Å²) in [4.78, 5) is 16.2. The van der Waals surface area contributed by atoms with Crippen LogP contribution < -0.4 is 0 Å². The Kier molecular flexibility index (Phi) is 4.34. The van der Waals surface area contributed by atoms with Gasteiger partial charge in [-0.1, -0.05) is 35.5 Å². The highest BCUT2D eigenvalue weighted by Crippen LogP contribution is 2.03. The van der Waals surface area contributed by atoms with Gasteiger partial charge >= 0.3 is 5.97 Å². The minimum atomic E-state index is -0.505. The summed E-state index contributed by atoms with van der Waals surface area (Å²) in [5.41, 5.74) is 0.859. The number of hydrogen-bond acceptors (Lipinski definition) is 4. The second-order valence-electron chi connectivity index (χ2n) is 2.72. The number of ether oxygens (including phenoxy) is 1. The molecule has 15 heavy (non-hydrogen) atoms. The molecule has 0 aliphatic carbocycles. The van der Waals surface area contributed by atoms with Crippen molar-refractivity contribution in [1.29, 1.82) is 0 Å². The monoisotopic (exact) mass is 207 g/mol. The van der Waals surface area contributed by atoms with Crippen LogP contribution in [0.5, 0.6) is 0 Å². The van der Waals surface area contributed by atoms with Crippen LogP contribution in [-0.2, 0) is 14.4 Å². The fraction of sp³-hybridized carbons (Fsp3) is 0.273. The third-order valence-corrected chi connectivity index (χ3v) is 1.71. The molecule has 0 N–H and O–H groups in total. The van der Waals surface area contributed by atoms with Gasteiger partial charge in [0, 0.05) is 5.56 Å². The number of carbonyl (C=O) groups excluding carboxylic acids is 1. The summed E-state index contributed by atoms with van der Waals surface area (Å²) < 4.78 is 4.61. The minimum absolute atomic E-state index is 0.181. The zero-order chi connectivity index (χ0) is 11.1. The zero-order valence-electron chi connectivity index (χ0n) is 8.77. The zero-order valence-corrected chi connectivity index (χ0v) is 8.77. The molecule has 80 valence electrons. The van der Waals surface area contributed by atoms with Crippen LogP contribution in [0.2, 0.25) is 0 Å². The lowest BCUT2D eigenvalue weighted by Gasteiger charge is -2.03. The highest BCUT2D eigenvalue weighted by atomic mass is 16.6. The van der Waals surface area contributed by atoms with Crippen LogP contribution in [0.4, 0.5) is 0 Å². The summed E-state index contributed by atoms with van der Waals surface area (Å²) in [5, 5.41) is 3.73. The van der Waals surface area contributed by atoms with E-state index >= 15 is 0 Å². The van der Waals surface area contributed by atoms with E-state index < -0.39 is 5.97 Å². The van der Waals surface area contributed by atoms with Crippen molar-refractivity contribution in [2.75, 3.05) is 13.7 Å². The summed E-state index contributed by atoms with van der Waals surface area (Å²) >= 11 is 0. The van der Waals surface area contributed by atoms with Gasteiger partial charge in [-0.05, 0) is 6.92 Å². The fourth-order valence-corrected chi connectivity index (χ4v) is 1.03. The van der Waals surface area contributed by atoms with Gasteiger partial charge in [0.15, 0.2) is 5.71 Å². The Morgan fingerprint density at radius 2 is 2.00 bits per heavy atom. The molecule has 1 rings (SSSR count). The number of esters is 1. The number of rotatable bonds is 4. The van der Waals surface area contributed by atoms with Crippen molar-refractivity contribution in [2.45, 2.75) is 6.92 Å². The van der Waals surface area contributed by atoms with Gasteiger partial charge < -0.3 is 9.57 Å². The van der Waals surface area contributed by atoms with E-state index in [9.17, 15) is 4.79 Å². The minimum Gasteiger partial charge on any atom is -0.464 e. The topological polar surface area (TPSA) is 47.9 Å². The summed E-state index contributed by atoms with van der Waals surface area (Å²) in [5.74, 6) is -0.505. The lowest BCUT2D eigenvalue weighted by molar-refractivity contribution is -0.132. The number of benzene rings is 1. The maximum atomic E-state index is 11.4. The average Bonchev–Trinajstić information content (AvgIpc) is 2.30. The molecular formula is C11H13NO3. The van der Waals surface area contributed by atoms with E-state index in [0.717, 1.165) is 0 Å². The van der Waals surface area contributed by atoms with Crippen LogP contribution in [0.25, 0.3) is 0 Å². The lowest BCUT2D eigenvalue weighted by atomic mass is 10.1. The molecule has 4 nitrogen and oxygen atoms in total.